The van der Waals surface area contributed by atoms with E-state index in [2.05, 4.69) is 27.9 Å². The highest BCUT2D eigenvalue weighted by molar-refractivity contribution is 14.1. The van der Waals surface area contributed by atoms with Crippen molar-refractivity contribution in [1.29, 1.82) is 0 Å². The van der Waals surface area contributed by atoms with Crippen LogP contribution in [0.2, 0.25) is 0 Å². The Bertz CT molecular complexity index is 680. The number of hydrogen-bond acceptors (Lipinski definition) is 6. The summed E-state index contributed by atoms with van der Waals surface area (Å²) in [5.41, 5.74) is 1.01. The van der Waals surface area contributed by atoms with Gasteiger partial charge in [-0.1, -0.05) is 12.1 Å². The molecule has 27 heavy (non-hydrogen) atoms. The first-order valence-electron chi connectivity index (χ1n) is 7.93. The fourth-order valence-corrected chi connectivity index (χ4v) is 3.30. The largest absolute Gasteiger partial charge is 0.481 e. The molecule has 0 aliphatic carbocycles. The summed E-state index contributed by atoms with van der Waals surface area (Å²) in [5.74, 6) is -2.25. The summed E-state index contributed by atoms with van der Waals surface area (Å²) in [7, 11) is 0. The minimum absolute atomic E-state index is 0.0363. The molecule has 1 aromatic rings. The lowest BCUT2D eigenvalue weighted by Gasteiger charge is -2.18. The summed E-state index contributed by atoms with van der Waals surface area (Å²) in [5, 5.41) is 20.1. The number of rotatable bonds is 11. The van der Waals surface area contributed by atoms with Crippen LogP contribution >= 0.6 is 34.4 Å². The van der Waals surface area contributed by atoms with E-state index in [4.69, 9.17) is 9.84 Å². The summed E-state index contributed by atoms with van der Waals surface area (Å²) in [6, 6.07) is 6.70. The molecule has 0 spiro atoms. The van der Waals surface area contributed by atoms with Gasteiger partial charge in [0.1, 0.15) is 0 Å². The average Bonchev–Trinajstić information content (AvgIpc) is 2.58. The normalized spacial score (nSPS) is 12.7. The lowest BCUT2D eigenvalue weighted by atomic mass is 10.1. The Morgan fingerprint density at radius 1 is 1.19 bits per heavy atom. The molecule has 0 aromatic heterocycles. The molecule has 0 fully saturated rings. The van der Waals surface area contributed by atoms with Crippen molar-refractivity contribution in [2.75, 3.05) is 5.75 Å². The van der Waals surface area contributed by atoms with Crippen molar-refractivity contribution in [1.82, 2.24) is 5.32 Å². The fraction of sp³-hybridized carbons (Fsp3) is 0.412. The molecule has 0 saturated carbocycles. The number of Topliss-reactive ketones (excluding diaryl/α,β-unsaturated/α-hetero) is 1. The molecule has 0 aliphatic rings. The van der Waals surface area contributed by atoms with Gasteiger partial charge in [0, 0.05) is 21.5 Å². The van der Waals surface area contributed by atoms with E-state index in [1.165, 1.54) is 18.7 Å². The van der Waals surface area contributed by atoms with Crippen molar-refractivity contribution in [3.63, 3.8) is 0 Å². The predicted molar refractivity (Wildman–Crippen MR) is 108 cm³/mol. The molecule has 148 valence electrons. The molecular weight excluding hydrogens is 485 g/mol. The van der Waals surface area contributed by atoms with Crippen LogP contribution in [0.15, 0.2) is 24.3 Å². The zero-order valence-corrected chi connectivity index (χ0v) is 17.5. The molecule has 8 nitrogen and oxygen atoms in total. The number of nitrogens with one attached hydrogen (secondary N) is 1. The van der Waals surface area contributed by atoms with Gasteiger partial charge >= 0.3 is 18.0 Å². The van der Waals surface area contributed by atoms with E-state index in [0.29, 0.717) is 5.75 Å². The third-order valence-electron chi connectivity index (χ3n) is 3.41. The number of carbonyl (C=O) groups is 4. The van der Waals surface area contributed by atoms with E-state index in [9.17, 15) is 24.3 Å². The molecule has 0 aliphatic heterocycles. The Labute approximate surface area is 174 Å². The topological polar surface area (TPSA) is 130 Å². The minimum atomic E-state index is -1.38. The van der Waals surface area contributed by atoms with Crippen LogP contribution in [0.25, 0.3) is 0 Å². The van der Waals surface area contributed by atoms with E-state index >= 15 is 0 Å². The van der Waals surface area contributed by atoms with Gasteiger partial charge in [0.25, 0.3) is 0 Å². The maximum absolute atomic E-state index is 11.9. The number of benzene rings is 1. The zero-order valence-electron chi connectivity index (χ0n) is 14.5. The van der Waals surface area contributed by atoms with Crippen molar-refractivity contribution < 1.29 is 34.1 Å². The van der Waals surface area contributed by atoms with E-state index in [1.54, 1.807) is 0 Å². The average molecular weight is 505 g/mol. The second-order valence-corrected chi connectivity index (χ2v) is 7.89. The second-order valence-electron chi connectivity index (χ2n) is 5.61. The summed E-state index contributed by atoms with van der Waals surface area (Å²) in [6.45, 7) is 1.21. The molecule has 2 atom stereocenters. The van der Waals surface area contributed by atoms with Gasteiger partial charge in [0.15, 0.2) is 5.78 Å². The van der Waals surface area contributed by atoms with E-state index in [-0.39, 0.29) is 18.6 Å². The number of carbonyl (C=O) groups excluding carboxylic acids is 2. The van der Waals surface area contributed by atoms with Crippen LogP contribution in [0.3, 0.4) is 0 Å². The molecule has 1 amide bonds. The van der Waals surface area contributed by atoms with Gasteiger partial charge < -0.3 is 20.3 Å². The Morgan fingerprint density at radius 3 is 2.33 bits per heavy atom. The van der Waals surface area contributed by atoms with Crippen LogP contribution in [-0.2, 0) is 24.9 Å². The predicted octanol–water partition coefficient (Wildman–Crippen LogP) is 2.53. The second kappa shape index (κ2) is 11.8. The molecule has 0 bridgehead atoms. The zero-order chi connectivity index (χ0) is 20.4. The molecule has 3 N–H and O–H groups in total. The number of amides is 1. The number of carboxylic acids is 2. The Hall–Kier alpha value is -1.82. The van der Waals surface area contributed by atoms with Gasteiger partial charge in [-0.05, 0) is 53.6 Å². The fourth-order valence-electron chi connectivity index (χ4n) is 1.97. The number of alkyl carbamates (subject to hydrolysis) is 1. The SMILES string of the molecule is CC(=O)[C@H](CCC(=O)O)NC(=O)O[C@@H](CSCc1ccc([123I])cc1)C(=O)O. The smallest absolute Gasteiger partial charge is 0.408 e. The first-order chi connectivity index (χ1) is 12.7. The molecule has 0 heterocycles. The van der Waals surface area contributed by atoms with Crippen LogP contribution in [0, 0.1) is 3.57 Å². The molecule has 0 radical (unpaired) electrons. The molecule has 1 aromatic carbocycles. The molecule has 0 unspecified atom stereocenters. The van der Waals surface area contributed by atoms with Gasteiger partial charge in [0.2, 0.25) is 6.10 Å². The van der Waals surface area contributed by atoms with E-state index in [1.807, 2.05) is 24.3 Å². The molecular formula is C17H20INO7S. The standard InChI is InChI=1S/C17H20INO7S/c1-10(20)13(6-7-15(21)22)19-17(25)26-14(16(23)24)9-27-8-11-2-4-12(18)5-3-11/h2-5,13-14H,6-9H2,1H3,(H,19,25)(H,21,22)(H,23,24)/t13-,14-/m0/s1/i18-4. The Balaban J connectivity index is 2.52. The van der Waals surface area contributed by atoms with Crippen molar-refractivity contribution in [3.05, 3.63) is 33.4 Å². The maximum atomic E-state index is 11.9. The van der Waals surface area contributed by atoms with Crippen LogP contribution in [0.1, 0.15) is 25.3 Å². The molecule has 10 heteroatoms. The number of ether oxygens (including phenoxy) is 1. The quantitative estimate of drug-likeness (QED) is 0.392. The van der Waals surface area contributed by atoms with E-state index in [0.717, 1.165) is 9.13 Å². The number of ketones is 1. The first-order valence-corrected chi connectivity index (χ1v) is 10.2. The highest BCUT2D eigenvalue weighted by atomic mass is 123. The lowest BCUT2D eigenvalue weighted by molar-refractivity contribution is -0.145. The summed E-state index contributed by atoms with van der Waals surface area (Å²) >= 11 is 3.48. The summed E-state index contributed by atoms with van der Waals surface area (Å²) < 4.78 is 5.98. The van der Waals surface area contributed by atoms with Gasteiger partial charge in [-0.15, -0.1) is 0 Å². The number of carboxylic acid groups (broad SMARTS) is 2. The number of thioether (sulfide) groups is 1. The van der Waals surface area contributed by atoms with Gasteiger partial charge in [0.05, 0.1) is 6.04 Å². The third-order valence-corrected chi connectivity index (χ3v) is 5.20. The third kappa shape index (κ3) is 9.61. The number of aliphatic carboxylic acids is 2. The highest BCUT2D eigenvalue weighted by Crippen LogP contribution is 2.16. The maximum Gasteiger partial charge on any atom is 0.408 e. The van der Waals surface area contributed by atoms with Crippen LogP contribution in [0.4, 0.5) is 4.79 Å². The highest BCUT2D eigenvalue weighted by Gasteiger charge is 2.25. The minimum Gasteiger partial charge on any atom is -0.481 e. The van der Waals surface area contributed by atoms with Crippen LogP contribution in [-0.4, -0.2) is 51.9 Å². The van der Waals surface area contributed by atoms with Gasteiger partial charge in [-0.2, -0.15) is 11.8 Å². The van der Waals surface area contributed by atoms with Crippen LogP contribution in [0.5, 0.6) is 0 Å². The van der Waals surface area contributed by atoms with Crippen molar-refractivity contribution >= 4 is 58.2 Å². The summed E-state index contributed by atoms with van der Waals surface area (Å²) in [6.07, 6.45) is -2.86. The Morgan fingerprint density at radius 2 is 1.81 bits per heavy atom. The molecule has 1 rings (SSSR count). The Kier molecular flexibility index (Phi) is 10.1. The van der Waals surface area contributed by atoms with Crippen LogP contribution < -0.4 is 5.32 Å². The van der Waals surface area contributed by atoms with Crippen molar-refractivity contribution in [2.24, 2.45) is 0 Å². The van der Waals surface area contributed by atoms with Gasteiger partial charge in [-0.25, -0.2) is 9.59 Å². The first kappa shape index (κ1) is 23.2. The summed E-state index contributed by atoms with van der Waals surface area (Å²) in [4.78, 5) is 45.3. The number of hydrogen-bond donors (Lipinski definition) is 3. The van der Waals surface area contributed by atoms with Gasteiger partial charge in [-0.3, -0.25) is 9.59 Å². The molecule has 0 saturated heterocycles. The number of halogens is 1. The van der Waals surface area contributed by atoms with Crippen molar-refractivity contribution in [3.8, 4) is 0 Å². The van der Waals surface area contributed by atoms with E-state index < -0.39 is 36.0 Å². The van der Waals surface area contributed by atoms with Crippen molar-refractivity contribution in [2.45, 2.75) is 37.7 Å². The lowest BCUT2D eigenvalue weighted by Crippen LogP contribution is -2.43. The monoisotopic (exact) mass is 505 g/mol.